The number of para-hydroxylation sites is 1. The second-order valence-corrected chi connectivity index (χ2v) is 9.74. The maximum atomic E-state index is 13.4. The minimum absolute atomic E-state index is 0.0898. The van der Waals surface area contributed by atoms with Crippen LogP contribution in [0.5, 0.6) is 0 Å². The number of benzene rings is 2. The Kier molecular flexibility index (Phi) is 6.25. The Morgan fingerprint density at radius 1 is 1.16 bits per heavy atom. The van der Waals surface area contributed by atoms with Crippen molar-refractivity contribution in [1.29, 1.82) is 0 Å². The van der Waals surface area contributed by atoms with E-state index < -0.39 is 5.25 Å². The van der Waals surface area contributed by atoms with Gasteiger partial charge < -0.3 is 5.32 Å². The first kappa shape index (κ1) is 21.3. The zero-order valence-corrected chi connectivity index (χ0v) is 19.2. The predicted molar refractivity (Wildman–Crippen MR) is 128 cm³/mol. The summed E-state index contributed by atoms with van der Waals surface area (Å²) in [5, 5.41) is 5.61. The van der Waals surface area contributed by atoms with Crippen molar-refractivity contribution in [3.63, 3.8) is 0 Å². The molecule has 1 atom stereocenters. The van der Waals surface area contributed by atoms with E-state index >= 15 is 0 Å². The largest absolute Gasteiger partial charge is 0.350 e. The van der Waals surface area contributed by atoms with Crippen molar-refractivity contribution in [2.75, 3.05) is 0 Å². The van der Waals surface area contributed by atoms with Gasteiger partial charge in [-0.2, -0.15) is 0 Å². The fraction of sp³-hybridized carbons (Fsp3) is 0.208. The van der Waals surface area contributed by atoms with Crippen molar-refractivity contribution in [3.8, 4) is 5.69 Å². The van der Waals surface area contributed by atoms with Gasteiger partial charge in [-0.25, -0.2) is 4.98 Å². The fourth-order valence-corrected chi connectivity index (χ4v) is 4.99. The summed E-state index contributed by atoms with van der Waals surface area (Å²) < 4.78 is 1.63. The normalized spacial score (nSPS) is 12.1. The molecule has 0 spiro atoms. The Bertz CT molecular complexity index is 1300. The molecule has 0 saturated heterocycles. The number of nitrogens with one attached hydrogen (secondary N) is 1. The molecule has 0 bridgehead atoms. The Hall–Kier alpha value is -2.90. The van der Waals surface area contributed by atoms with Crippen LogP contribution in [-0.4, -0.2) is 20.7 Å². The van der Waals surface area contributed by atoms with Crippen LogP contribution in [0.15, 0.2) is 69.9 Å². The van der Waals surface area contributed by atoms with Crippen molar-refractivity contribution in [3.05, 3.63) is 86.3 Å². The third kappa shape index (κ3) is 4.57. The summed E-state index contributed by atoms with van der Waals surface area (Å²) in [5.41, 5.74) is 3.38. The molecule has 4 rings (SSSR count). The molecule has 1 unspecified atom stereocenters. The molecule has 2 heterocycles. The quantitative estimate of drug-likeness (QED) is 0.337. The Morgan fingerprint density at radius 3 is 2.71 bits per heavy atom. The second-order valence-electron chi connectivity index (χ2n) is 7.40. The summed E-state index contributed by atoms with van der Waals surface area (Å²) in [5.74, 6) is -0.0898. The fourth-order valence-electron chi connectivity index (χ4n) is 3.40. The van der Waals surface area contributed by atoms with Crippen LogP contribution < -0.4 is 10.9 Å². The first-order valence-electron chi connectivity index (χ1n) is 10.00. The van der Waals surface area contributed by atoms with Crippen molar-refractivity contribution < 1.29 is 4.79 Å². The number of aromatic nitrogens is 2. The average Bonchev–Trinajstić information content (AvgIpc) is 3.27. The van der Waals surface area contributed by atoms with Gasteiger partial charge in [0.25, 0.3) is 5.56 Å². The molecule has 7 heteroatoms. The summed E-state index contributed by atoms with van der Waals surface area (Å²) in [6, 6.07) is 17.2. The highest BCUT2D eigenvalue weighted by Crippen LogP contribution is 2.27. The maximum absolute atomic E-state index is 13.4. The minimum Gasteiger partial charge on any atom is -0.350 e. The van der Waals surface area contributed by atoms with Crippen molar-refractivity contribution in [2.24, 2.45) is 0 Å². The van der Waals surface area contributed by atoms with E-state index in [1.165, 1.54) is 11.8 Å². The number of nitrogens with zero attached hydrogens (tertiary/aromatic N) is 2. The van der Waals surface area contributed by atoms with Crippen LogP contribution in [0.2, 0.25) is 0 Å². The lowest BCUT2D eigenvalue weighted by Crippen LogP contribution is -2.31. The summed E-state index contributed by atoms with van der Waals surface area (Å²) in [4.78, 5) is 32.0. The summed E-state index contributed by atoms with van der Waals surface area (Å²) in [6.07, 6.45) is 0. The predicted octanol–water partition coefficient (Wildman–Crippen LogP) is 4.86. The zero-order chi connectivity index (χ0) is 22.0. The van der Waals surface area contributed by atoms with Crippen LogP contribution in [0, 0.1) is 13.8 Å². The molecule has 2 aromatic carbocycles. The van der Waals surface area contributed by atoms with Gasteiger partial charge in [-0.15, -0.1) is 11.3 Å². The van der Waals surface area contributed by atoms with Crippen LogP contribution in [0.25, 0.3) is 16.6 Å². The summed E-state index contributed by atoms with van der Waals surface area (Å²) in [6.45, 7) is 6.34. The molecule has 1 N–H and O–H groups in total. The number of thioether (sulfide) groups is 1. The molecule has 0 saturated carbocycles. The Morgan fingerprint density at radius 2 is 1.97 bits per heavy atom. The molecule has 4 aromatic rings. The Balaban J connectivity index is 1.72. The number of hydrogen-bond acceptors (Lipinski definition) is 5. The van der Waals surface area contributed by atoms with Gasteiger partial charge in [0, 0.05) is 4.88 Å². The topological polar surface area (TPSA) is 64.0 Å². The summed E-state index contributed by atoms with van der Waals surface area (Å²) in [7, 11) is 0. The first-order valence-corrected chi connectivity index (χ1v) is 11.8. The molecule has 1 amide bonds. The maximum Gasteiger partial charge on any atom is 0.266 e. The number of aryl methyl sites for hydroxylation is 2. The van der Waals surface area contributed by atoms with E-state index in [2.05, 4.69) is 5.32 Å². The molecule has 31 heavy (non-hydrogen) atoms. The van der Waals surface area contributed by atoms with Crippen LogP contribution in [0.3, 0.4) is 0 Å². The molecule has 2 aromatic heterocycles. The summed E-state index contributed by atoms with van der Waals surface area (Å²) >= 11 is 2.90. The lowest BCUT2D eigenvalue weighted by Gasteiger charge is -2.18. The van der Waals surface area contributed by atoms with Gasteiger partial charge in [0.15, 0.2) is 5.16 Å². The number of amides is 1. The van der Waals surface area contributed by atoms with Crippen molar-refractivity contribution in [1.82, 2.24) is 14.9 Å². The van der Waals surface area contributed by atoms with Crippen molar-refractivity contribution >= 4 is 39.9 Å². The number of thiophene rings is 1. The second kappa shape index (κ2) is 9.08. The third-order valence-corrected chi connectivity index (χ3v) is 6.94. The molecule has 0 aliphatic rings. The lowest BCUT2D eigenvalue weighted by atomic mass is 10.1. The van der Waals surface area contributed by atoms with E-state index in [1.807, 2.05) is 74.7 Å². The van der Waals surface area contributed by atoms with Gasteiger partial charge in [-0.05, 0) is 56.0 Å². The molecule has 158 valence electrons. The molecular weight excluding hydrogens is 426 g/mol. The average molecular weight is 450 g/mol. The monoisotopic (exact) mass is 449 g/mol. The SMILES string of the molecule is Cc1ccc(-n2c(SC(C)C(=O)NCc3cccs3)nc3ccccc3c2=O)c(C)c1. The van der Waals surface area contributed by atoms with E-state index in [0.29, 0.717) is 22.6 Å². The van der Waals surface area contributed by atoms with Gasteiger partial charge in [-0.1, -0.05) is 47.7 Å². The number of rotatable bonds is 6. The molecule has 5 nitrogen and oxygen atoms in total. The number of hydrogen-bond donors (Lipinski definition) is 1. The lowest BCUT2D eigenvalue weighted by molar-refractivity contribution is -0.120. The third-order valence-electron chi connectivity index (χ3n) is 5.01. The highest BCUT2D eigenvalue weighted by Gasteiger charge is 2.21. The smallest absolute Gasteiger partial charge is 0.266 e. The Labute approximate surface area is 189 Å². The minimum atomic E-state index is -0.412. The van der Waals surface area contributed by atoms with E-state index in [0.717, 1.165) is 21.7 Å². The zero-order valence-electron chi connectivity index (χ0n) is 17.6. The van der Waals surface area contributed by atoms with Gasteiger partial charge in [-0.3, -0.25) is 14.2 Å². The highest BCUT2D eigenvalue weighted by molar-refractivity contribution is 8.00. The van der Waals surface area contributed by atoms with Gasteiger partial charge in [0.1, 0.15) is 0 Å². The van der Waals surface area contributed by atoms with Crippen molar-refractivity contribution in [2.45, 2.75) is 37.7 Å². The van der Waals surface area contributed by atoms with Gasteiger partial charge >= 0.3 is 0 Å². The number of fused-ring (bicyclic) bond motifs is 1. The van der Waals surface area contributed by atoms with Gasteiger partial charge in [0.05, 0.1) is 28.4 Å². The van der Waals surface area contributed by atoms with Gasteiger partial charge in [0.2, 0.25) is 5.91 Å². The van der Waals surface area contributed by atoms with E-state index in [9.17, 15) is 9.59 Å². The molecule has 0 aliphatic carbocycles. The molecule has 0 radical (unpaired) electrons. The van der Waals surface area contributed by atoms with Crippen LogP contribution in [0.1, 0.15) is 22.9 Å². The highest BCUT2D eigenvalue weighted by atomic mass is 32.2. The molecule has 0 fully saturated rings. The van der Waals surface area contributed by atoms with E-state index in [1.54, 1.807) is 22.0 Å². The van der Waals surface area contributed by atoms with Crippen LogP contribution in [0.4, 0.5) is 0 Å². The number of carbonyl (C=O) groups is 1. The van der Waals surface area contributed by atoms with E-state index in [-0.39, 0.29) is 11.5 Å². The standard InChI is InChI=1S/C24H23N3O2S2/c1-15-10-11-21(16(2)13-15)27-23(29)19-8-4-5-9-20(19)26-24(27)31-17(3)22(28)25-14-18-7-6-12-30-18/h4-13,17H,14H2,1-3H3,(H,25,28). The first-order chi connectivity index (χ1) is 14.9. The molecular formula is C24H23N3O2S2. The molecule has 0 aliphatic heterocycles. The van der Waals surface area contributed by atoms with Crippen LogP contribution in [-0.2, 0) is 11.3 Å². The number of carbonyl (C=O) groups excluding carboxylic acids is 1. The van der Waals surface area contributed by atoms with E-state index in [4.69, 9.17) is 4.98 Å². The van der Waals surface area contributed by atoms with Crippen LogP contribution >= 0.6 is 23.1 Å².